The number of aromatic nitrogens is 2. The summed E-state index contributed by atoms with van der Waals surface area (Å²) in [5.41, 5.74) is 5.98. The van der Waals surface area contributed by atoms with Gasteiger partial charge in [-0.05, 0) is 25.1 Å². The van der Waals surface area contributed by atoms with Gasteiger partial charge in [-0.25, -0.2) is 9.78 Å². The van der Waals surface area contributed by atoms with Crippen molar-refractivity contribution in [2.75, 3.05) is 6.54 Å². The smallest absolute Gasteiger partial charge is 0.356 e. The van der Waals surface area contributed by atoms with Crippen molar-refractivity contribution in [3.05, 3.63) is 34.9 Å². The molecule has 2 heterocycles. The Hall–Kier alpha value is -1.59. The first-order valence-corrected chi connectivity index (χ1v) is 5.61. The van der Waals surface area contributed by atoms with Crippen LogP contribution in [0.3, 0.4) is 0 Å². The van der Waals surface area contributed by atoms with E-state index in [0.29, 0.717) is 29.3 Å². The minimum Gasteiger partial charge on any atom is -0.476 e. The maximum Gasteiger partial charge on any atom is 0.356 e. The second-order valence-corrected chi connectivity index (χ2v) is 4.11. The fourth-order valence-corrected chi connectivity index (χ4v) is 1.88. The summed E-state index contributed by atoms with van der Waals surface area (Å²) in [6, 6.07) is 3.30. The molecule has 0 atom stereocenters. The Labute approximate surface area is 103 Å². The summed E-state index contributed by atoms with van der Waals surface area (Å²) < 4.78 is 1.74. The summed E-state index contributed by atoms with van der Waals surface area (Å²) in [6.45, 7) is 0.547. The Morgan fingerprint density at radius 2 is 2.35 bits per heavy atom. The summed E-state index contributed by atoms with van der Waals surface area (Å²) in [5, 5.41) is 9.56. The standard InChI is InChI=1S/C11H12ClN3O2/c12-7-3-5-15-8(6-7)10(11(16)17)14-9(15)2-1-4-13/h3,5-6H,1-2,4,13H2,(H,16,17). The van der Waals surface area contributed by atoms with Gasteiger partial charge in [-0.1, -0.05) is 11.6 Å². The molecule has 0 aliphatic heterocycles. The van der Waals surface area contributed by atoms with Gasteiger partial charge in [-0.15, -0.1) is 0 Å². The molecule has 17 heavy (non-hydrogen) atoms. The molecular weight excluding hydrogens is 242 g/mol. The molecule has 5 nitrogen and oxygen atoms in total. The molecule has 6 heteroatoms. The lowest BCUT2D eigenvalue weighted by Gasteiger charge is -2.00. The number of rotatable bonds is 4. The lowest BCUT2D eigenvalue weighted by Crippen LogP contribution is -2.03. The molecule has 0 fully saturated rings. The first-order chi connectivity index (χ1) is 8.13. The molecule has 0 aliphatic rings. The summed E-state index contributed by atoms with van der Waals surface area (Å²) >= 11 is 5.85. The molecule has 0 bridgehead atoms. The molecule has 2 aromatic rings. The van der Waals surface area contributed by atoms with Crippen molar-refractivity contribution >= 4 is 23.1 Å². The Kier molecular flexibility index (Phi) is 3.31. The highest BCUT2D eigenvalue weighted by molar-refractivity contribution is 6.31. The molecule has 2 rings (SSSR count). The first kappa shape index (κ1) is 11.9. The minimum absolute atomic E-state index is 0.0273. The number of hydrogen-bond donors (Lipinski definition) is 2. The minimum atomic E-state index is -1.05. The highest BCUT2D eigenvalue weighted by Crippen LogP contribution is 2.19. The third-order valence-electron chi connectivity index (χ3n) is 2.49. The van der Waals surface area contributed by atoms with E-state index < -0.39 is 5.97 Å². The van der Waals surface area contributed by atoms with E-state index in [4.69, 9.17) is 22.4 Å². The number of carboxylic acids is 1. The molecule has 0 aliphatic carbocycles. The number of carbonyl (C=O) groups is 1. The summed E-state index contributed by atoms with van der Waals surface area (Å²) in [7, 11) is 0. The fraction of sp³-hybridized carbons (Fsp3) is 0.273. The largest absolute Gasteiger partial charge is 0.476 e. The van der Waals surface area contributed by atoms with E-state index in [-0.39, 0.29) is 5.69 Å². The van der Waals surface area contributed by atoms with Gasteiger partial charge < -0.3 is 15.2 Å². The van der Waals surface area contributed by atoms with Gasteiger partial charge in [0.1, 0.15) is 5.82 Å². The van der Waals surface area contributed by atoms with E-state index in [1.807, 2.05) is 0 Å². The first-order valence-electron chi connectivity index (χ1n) is 5.23. The lowest BCUT2D eigenvalue weighted by atomic mass is 10.3. The molecule has 90 valence electrons. The van der Waals surface area contributed by atoms with Crippen LogP contribution in [0.5, 0.6) is 0 Å². The van der Waals surface area contributed by atoms with Crippen molar-refractivity contribution in [2.45, 2.75) is 12.8 Å². The average Bonchev–Trinajstić information content (AvgIpc) is 2.64. The van der Waals surface area contributed by atoms with Gasteiger partial charge in [0.05, 0.1) is 5.52 Å². The molecule has 3 N–H and O–H groups in total. The van der Waals surface area contributed by atoms with Crippen molar-refractivity contribution < 1.29 is 9.90 Å². The topological polar surface area (TPSA) is 80.6 Å². The van der Waals surface area contributed by atoms with Gasteiger partial charge >= 0.3 is 5.97 Å². The van der Waals surface area contributed by atoms with Crippen LogP contribution in [-0.4, -0.2) is 27.0 Å². The average molecular weight is 254 g/mol. The van der Waals surface area contributed by atoms with Gasteiger partial charge in [0, 0.05) is 17.6 Å². The molecule has 0 radical (unpaired) electrons. The third kappa shape index (κ3) is 2.25. The van der Waals surface area contributed by atoms with Crippen LogP contribution in [0.1, 0.15) is 22.7 Å². The number of aromatic carboxylic acids is 1. The molecule has 2 aromatic heterocycles. The predicted octanol–water partition coefficient (Wildman–Crippen LogP) is 1.58. The predicted molar refractivity (Wildman–Crippen MR) is 64.5 cm³/mol. The quantitative estimate of drug-likeness (QED) is 0.867. The maximum atomic E-state index is 11.1. The number of hydrogen-bond acceptors (Lipinski definition) is 3. The van der Waals surface area contributed by atoms with Crippen LogP contribution in [-0.2, 0) is 6.42 Å². The Morgan fingerprint density at radius 1 is 1.59 bits per heavy atom. The Balaban J connectivity index is 2.58. The molecule has 0 spiro atoms. The van der Waals surface area contributed by atoms with Crippen molar-refractivity contribution in [3.63, 3.8) is 0 Å². The zero-order valence-corrected chi connectivity index (χ0v) is 9.81. The van der Waals surface area contributed by atoms with Crippen molar-refractivity contribution in [1.29, 1.82) is 0 Å². The molecular formula is C11H12ClN3O2. The molecule has 0 unspecified atom stereocenters. The van der Waals surface area contributed by atoms with Gasteiger partial charge in [0.15, 0.2) is 5.69 Å². The third-order valence-corrected chi connectivity index (χ3v) is 2.72. The summed E-state index contributed by atoms with van der Waals surface area (Å²) in [6.07, 6.45) is 3.14. The lowest BCUT2D eigenvalue weighted by molar-refractivity contribution is 0.0693. The van der Waals surface area contributed by atoms with E-state index in [1.165, 1.54) is 0 Å². The molecule has 0 saturated carbocycles. The fourth-order valence-electron chi connectivity index (χ4n) is 1.72. The number of nitrogens with two attached hydrogens (primary N) is 1. The van der Waals surface area contributed by atoms with E-state index in [0.717, 1.165) is 6.42 Å². The monoisotopic (exact) mass is 253 g/mol. The molecule has 0 aromatic carbocycles. The van der Waals surface area contributed by atoms with Crippen LogP contribution < -0.4 is 5.73 Å². The number of pyridine rings is 1. The molecule has 0 saturated heterocycles. The second kappa shape index (κ2) is 4.73. The van der Waals surface area contributed by atoms with Crippen molar-refractivity contribution in [3.8, 4) is 0 Å². The number of imidazole rings is 1. The highest BCUT2D eigenvalue weighted by atomic mass is 35.5. The second-order valence-electron chi connectivity index (χ2n) is 3.67. The van der Waals surface area contributed by atoms with Gasteiger partial charge in [0.2, 0.25) is 0 Å². The Morgan fingerprint density at radius 3 is 3.00 bits per heavy atom. The van der Waals surface area contributed by atoms with E-state index >= 15 is 0 Å². The van der Waals surface area contributed by atoms with Crippen LogP contribution >= 0.6 is 11.6 Å². The number of halogens is 1. The number of nitrogens with zero attached hydrogens (tertiary/aromatic N) is 2. The maximum absolute atomic E-state index is 11.1. The number of aryl methyl sites for hydroxylation is 1. The van der Waals surface area contributed by atoms with Crippen LogP contribution in [0.2, 0.25) is 5.02 Å². The van der Waals surface area contributed by atoms with E-state index in [2.05, 4.69) is 4.98 Å². The number of fused-ring (bicyclic) bond motifs is 1. The van der Waals surface area contributed by atoms with Gasteiger partial charge in [-0.3, -0.25) is 0 Å². The summed E-state index contributed by atoms with van der Waals surface area (Å²) in [5.74, 6) is -0.358. The van der Waals surface area contributed by atoms with Crippen LogP contribution in [0.25, 0.3) is 5.52 Å². The van der Waals surface area contributed by atoms with Crippen molar-refractivity contribution in [2.24, 2.45) is 5.73 Å². The molecule has 0 amide bonds. The van der Waals surface area contributed by atoms with E-state index in [1.54, 1.807) is 22.7 Å². The van der Waals surface area contributed by atoms with Crippen LogP contribution in [0, 0.1) is 0 Å². The van der Waals surface area contributed by atoms with Gasteiger partial charge in [0.25, 0.3) is 0 Å². The highest BCUT2D eigenvalue weighted by Gasteiger charge is 2.16. The van der Waals surface area contributed by atoms with Crippen LogP contribution in [0.15, 0.2) is 18.3 Å². The number of carboxylic acid groups (broad SMARTS) is 1. The zero-order valence-electron chi connectivity index (χ0n) is 9.06. The van der Waals surface area contributed by atoms with E-state index in [9.17, 15) is 4.79 Å². The van der Waals surface area contributed by atoms with Gasteiger partial charge in [-0.2, -0.15) is 0 Å². The normalized spacial score (nSPS) is 10.9. The van der Waals surface area contributed by atoms with Crippen LogP contribution in [0.4, 0.5) is 0 Å². The zero-order chi connectivity index (χ0) is 12.4. The Bertz CT molecular complexity index is 565. The van der Waals surface area contributed by atoms with Crippen molar-refractivity contribution in [1.82, 2.24) is 9.38 Å². The SMILES string of the molecule is NCCCc1nc(C(=O)O)c2cc(Cl)ccn12. The summed E-state index contributed by atoms with van der Waals surface area (Å²) in [4.78, 5) is 15.2.